The molecule has 0 spiro atoms. The van der Waals surface area contributed by atoms with Crippen LogP contribution in [-0.4, -0.2) is 51.1 Å². The Morgan fingerprint density at radius 2 is 2.21 bits per heavy atom. The van der Waals surface area contributed by atoms with Crippen LogP contribution in [0, 0.1) is 5.82 Å². The molecule has 0 radical (unpaired) electrons. The van der Waals surface area contributed by atoms with Crippen LogP contribution in [-0.2, 0) is 14.8 Å². The first-order chi connectivity index (χ1) is 9.04. The van der Waals surface area contributed by atoms with Crippen molar-refractivity contribution in [2.75, 3.05) is 33.4 Å². The number of pyridine rings is 1. The first kappa shape index (κ1) is 16.0. The normalized spacial score (nSPS) is 12.0. The molecule has 0 atom stereocenters. The van der Waals surface area contributed by atoms with Crippen molar-refractivity contribution < 1.29 is 17.5 Å². The fourth-order valence-electron chi connectivity index (χ4n) is 1.50. The SMILES string of the molecule is COCCN(CCCN)S(=O)(=O)c1ncccc1F. The van der Waals surface area contributed by atoms with Gasteiger partial charge in [0, 0.05) is 26.4 Å². The van der Waals surface area contributed by atoms with Crippen LogP contribution in [0.1, 0.15) is 6.42 Å². The molecule has 0 aliphatic heterocycles. The largest absolute Gasteiger partial charge is 0.383 e. The van der Waals surface area contributed by atoms with Gasteiger partial charge in [0.15, 0.2) is 5.82 Å². The molecule has 1 aromatic rings. The second-order valence-corrected chi connectivity index (χ2v) is 5.68. The highest BCUT2D eigenvalue weighted by Crippen LogP contribution is 2.16. The van der Waals surface area contributed by atoms with E-state index in [-0.39, 0.29) is 19.7 Å². The lowest BCUT2D eigenvalue weighted by Gasteiger charge is -2.21. The van der Waals surface area contributed by atoms with E-state index in [1.807, 2.05) is 0 Å². The molecule has 0 amide bonds. The molecule has 0 aromatic carbocycles. The molecule has 1 heterocycles. The number of methoxy groups -OCH3 is 1. The molecular weight excluding hydrogens is 273 g/mol. The molecule has 0 saturated heterocycles. The third kappa shape index (κ3) is 4.20. The number of sulfonamides is 1. The van der Waals surface area contributed by atoms with E-state index < -0.39 is 20.9 Å². The number of rotatable bonds is 8. The van der Waals surface area contributed by atoms with E-state index in [0.717, 1.165) is 10.4 Å². The highest BCUT2D eigenvalue weighted by molar-refractivity contribution is 7.89. The van der Waals surface area contributed by atoms with Crippen molar-refractivity contribution in [2.45, 2.75) is 11.4 Å². The second-order valence-electron chi connectivity index (χ2n) is 3.83. The minimum absolute atomic E-state index is 0.134. The summed E-state index contributed by atoms with van der Waals surface area (Å²) in [6, 6.07) is 2.41. The molecule has 8 heteroatoms. The number of hydrogen-bond donors (Lipinski definition) is 1. The Balaban J connectivity index is 3.01. The average Bonchev–Trinajstić information content (AvgIpc) is 2.39. The Morgan fingerprint density at radius 1 is 1.47 bits per heavy atom. The van der Waals surface area contributed by atoms with Crippen LogP contribution in [0.25, 0.3) is 0 Å². The van der Waals surface area contributed by atoms with E-state index in [1.54, 1.807) is 0 Å². The predicted octanol–water partition coefficient (Wildman–Crippen LogP) is 0.207. The average molecular weight is 291 g/mol. The molecule has 19 heavy (non-hydrogen) atoms. The van der Waals surface area contributed by atoms with E-state index >= 15 is 0 Å². The van der Waals surface area contributed by atoms with Crippen LogP contribution in [0.5, 0.6) is 0 Å². The van der Waals surface area contributed by atoms with Gasteiger partial charge in [0.1, 0.15) is 0 Å². The van der Waals surface area contributed by atoms with Gasteiger partial charge in [-0.1, -0.05) is 0 Å². The zero-order valence-corrected chi connectivity index (χ0v) is 11.6. The highest BCUT2D eigenvalue weighted by Gasteiger charge is 2.28. The smallest absolute Gasteiger partial charge is 0.263 e. The van der Waals surface area contributed by atoms with Crippen molar-refractivity contribution in [3.8, 4) is 0 Å². The van der Waals surface area contributed by atoms with Gasteiger partial charge in [-0.2, -0.15) is 4.31 Å². The maximum Gasteiger partial charge on any atom is 0.263 e. The van der Waals surface area contributed by atoms with Gasteiger partial charge in [-0.15, -0.1) is 0 Å². The molecule has 0 unspecified atom stereocenters. The molecule has 0 aliphatic carbocycles. The van der Waals surface area contributed by atoms with Crippen LogP contribution in [0.4, 0.5) is 4.39 Å². The summed E-state index contributed by atoms with van der Waals surface area (Å²) in [5, 5.41) is -0.567. The standard InChI is InChI=1S/C11H18FN3O3S/c1-18-9-8-15(7-3-5-13)19(16,17)11-10(12)4-2-6-14-11/h2,4,6H,3,5,7-9,13H2,1H3. The van der Waals surface area contributed by atoms with Gasteiger partial charge in [-0.3, -0.25) is 0 Å². The number of halogens is 1. The first-order valence-electron chi connectivity index (χ1n) is 5.83. The highest BCUT2D eigenvalue weighted by atomic mass is 32.2. The lowest BCUT2D eigenvalue weighted by Crippen LogP contribution is -2.36. The minimum atomic E-state index is -3.96. The Morgan fingerprint density at radius 3 is 2.79 bits per heavy atom. The van der Waals surface area contributed by atoms with Crippen LogP contribution >= 0.6 is 0 Å². The summed E-state index contributed by atoms with van der Waals surface area (Å²) in [6.07, 6.45) is 1.73. The number of nitrogens with zero attached hydrogens (tertiary/aromatic N) is 2. The molecule has 0 bridgehead atoms. The molecule has 0 saturated carbocycles. The lowest BCUT2D eigenvalue weighted by atomic mass is 10.4. The van der Waals surface area contributed by atoms with E-state index in [0.29, 0.717) is 13.0 Å². The van der Waals surface area contributed by atoms with E-state index in [1.165, 1.54) is 19.4 Å². The Kier molecular flexibility index (Phi) is 6.29. The van der Waals surface area contributed by atoms with Gasteiger partial charge < -0.3 is 10.5 Å². The van der Waals surface area contributed by atoms with E-state index in [4.69, 9.17) is 10.5 Å². The lowest BCUT2D eigenvalue weighted by molar-refractivity contribution is 0.178. The van der Waals surface area contributed by atoms with Crippen molar-refractivity contribution in [2.24, 2.45) is 5.73 Å². The summed E-state index contributed by atoms with van der Waals surface area (Å²) in [5.41, 5.74) is 5.37. The molecular formula is C11H18FN3O3S. The van der Waals surface area contributed by atoms with Gasteiger partial charge in [0.25, 0.3) is 10.0 Å². The zero-order chi connectivity index (χ0) is 14.3. The van der Waals surface area contributed by atoms with Crippen molar-refractivity contribution >= 4 is 10.0 Å². The van der Waals surface area contributed by atoms with Crippen molar-refractivity contribution in [1.29, 1.82) is 0 Å². The predicted molar refractivity (Wildman–Crippen MR) is 68.5 cm³/mol. The summed E-state index contributed by atoms with van der Waals surface area (Å²) in [4.78, 5) is 3.61. The van der Waals surface area contributed by atoms with Crippen molar-refractivity contribution in [3.05, 3.63) is 24.1 Å². The Bertz CT molecular complexity index is 488. The third-order valence-corrected chi connectivity index (χ3v) is 4.30. The van der Waals surface area contributed by atoms with Crippen LogP contribution in [0.15, 0.2) is 23.4 Å². The van der Waals surface area contributed by atoms with Crippen LogP contribution < -0.4 is 5.73 Å². The summed E-state index contributed by atoms with van der Waals surface area (Å²) in [5.74, 6) is -0.863. The molecule has 0 fully saturated rings. The number of hydrogen-bond acceptors (Lipinski definition) is 5. The molecule has 1 rings (SSSR count). The molecule has 2 N–H and O–H groups in total. The molecule has 108 valence electrons. The number of nitrogens with two attached hydrogens (primary N) is 1. The van der Waals surface area contributed by atoms with Crippen molar-refractivity contribution in [3.63, 3.8) is 0 Å². The third-order valence-electron chi connectivity index (χ3n) is 2.47. The topological polar surface area (TPSA) is 85.5 Å². The zero-order valence-electron chi connectivity index (χ0n) is 10.8. The molecule has 6 nitrogen and oxygen atoms in total. The number of aromatic nitrogens is 1. The quantitative estimate of drug-likeness (QED) is 0.740. The monoisotopic (exact) mass is 291 g/mol. The number of ether oxygens (including phenoxy) is 1. The minimum Gasteiger partial charge on any atom is -0.383 e. The Hall–Kier alpha value is -1.09. The van der Waals surface area contributed by atoms with E-state index in [2.05, 4.69) is 4.98 Å². The van der Waals surface area contributed by atoms with Gasteiger partial charge >= 0.3 is 0 Å². The first-order valence-corrected chi connectivity index (χ1v) is 7.27. The van der Waals surface area contributed by atoms with Crippen molar-refractivity contribution in [1.82, 2.24) is 9.29 Å². The van der Waals surface area contributed by atoms with Crippen LogP contribution in [0.2, 0.25) is 0 Å². The van der Waals surface area contributed by atoms with Crippen LogP contribution in [0.3, 0.4) is 0 Å². The van der Waals surface area contributed by atoms with Gasteiger partial charge in [-0.25, -0.2) is 17.8 Å². The van der Waals surface area contributed by atoms with Gasteiger partial charge in [-0.05, 0) is 25.1 Å². The fraction of sp³-hybridized carbons (Fsp3) is 0.545. The maximum atomic E-state index is 13.6. The summed E-state index contributed by atoms with van der Waals surface area (Å²) < 4.78 is 44.1. The fourth-order valence-corrected chi connectivity index (χ4v) is 2.93. The summed E-state index contributed by atoms with van der Waals surface area (Å²) in [7, 11) is -2.50. The van der Waals surface area contributed by atoms with E-state index in [9.17, 15) is 12.8 Å². The molecule has 1 aromatic heterocycles. The molecule has 0 aliphatic rings. The second kappa shape index (κ2) is 7.49. The summed E-state index contributed by atoms with van der Waals surface area (Å²) in [6.45, 7) is 0.912. The van der Waals surface area contributed by atoms with Gasteiger partial charge in [0.2, 0.25) is 5.03 Å². The summed E-state index contributed by atoms with van der Waals surface area (Å²) >= 11 is 0. The Labute approximate surface area is 112 Å². The van der Waals surface area contributed by atoms with Gasteiger partial charge in [0.05, 0.1) is 6.61 Å². The maximum absolute atomic E-state index is 13.6.